The van der Waals surface area contributed by atoms with E-state index in [0.717, 1.165) is 5.69 Å². The molecule has 0 aliphatic rings. The fraction of sp³-hybridized carbons (Fsp3) is 0.111. The summed E-state index contributed by atoms with van der Waals surface area (Å²) in [6.07, 6.45) is 1.57. The molecule has 2 aromatic rings. The van der Waals surface area contributed by atoms with Gasteiger partial charge in [-0.05, 0) is 18.2 Å². The highest BCUT2D eigenvalue weighted by atomic mass is 35.5. The van der Waals surface area contributed by atoms with Gasteiger partial charge in [0.2, 0.25) is 0 Å². The Morgan fingerprint density at radius 3 is 2.40 bits per heavy atom. The lowest BCUT2D eigenvalue weighted by molar-refractivity contribution is 0.951. The Bertz CT molecular complexity index is 461. The fourth-order valence-corrected chi connectivity index (χ4v) is 1.94. The van der Waals surface area contributed by atoms with E-state index in [9.17, 15) is 0 Å². The average Bonchev–Trinajstić information content (AvgIpc) is 2.63. The molecule has 3 nitrogen and oxygen atoms in total. The molecule has 78 valence electrons. The number of nitrogens with zero attached hydrogens (tertiary/aromatic N) is 3. The summed E-state index contributed by atoms with van der Waals surface area (Å²) < 4.78 is 1.74. The van der Waals surface area contributed by atoms with Gasteiger partial charge < -0.3 is 0 Å². The van der Waals surface area contributed by atoms with Crippen molar-refractivity contribution in [2.24, 2.45) is 0 Å². The summed E-state index contributed by atoms with van der Waals surface area (Å²) in [7, 11) is 0. The zero-order chi connectivity index (χ0) is 10.8. The standard InChI is InChI=1S/C9H6Cl3N3/c10-4-9-14-13-5-15(9)8-2-6(11)1-7(12)3-8/h1-3,5H,4H2. The van der Waals surface area contributed by atoms with E-state index < -0.39 is 0 Å². The van der Waals surface area contributed by atoms with Gasteiger partial charge >= 0.3 is 0 Å². The van der Waals surface area contributed by atoms with Crippen LogP contribution in [0.1, 0.15) is 5.82 Å². The smallest absolute Gasteiger partial charge is 0.152 e. The molecule has 0 saturated carbocycles. The van der Waals surface area contributed by atoms with Crippen LogP contribution in [0.4, 0.5) is 0 Å². The molecule has 0 N–H and O–H groups in total. The molecular formula is C9H6Cl3N3. The average molecular weight is 263 g/mol. The van der Waals surface area contributed by atoms with Gasteiger partial charge in [0.1, 0.15) is 6.33 Å². The molecule has 0 unspecified atom stereocenters. The van der Waals surface area contributed by atoms with Gasteiger partial charge in [0.15, 0.2) is 5.82 Å². The van der Waals surface area contributed by atoms with Crippen LogP contribution in [0, 0.1) is 0 Å². The van der Waals surface area contributed by atoms with Crippen LogP contribution in [0.25, 0.3) is 5.69 Å². The number of aromatic nitrogens is 3. The summed E-state index contributed by atoms with van der Waals surface area (Å²) in [5, 5.41) is 8.76. The molecule has 0 bridgehead atoms. The van der Waals surface area contributed by atoms with E-state index in [1.807, 2.05) is 0 Å². The minimum atomic E-state index is 0.282. The fourth-order valence-electron chi connectivity index (χ4n) is 1.24. The van der Waals surface area contributed by atoms with E-state index in [0.29, 0.717) is 15.9 Å². The first kappa shape index (κ1) is 10.7. The molecule has 0 spiro atoms. The van der Waals surface area contributed by atoms with Gasteiger partial charge in [-0.3, -0.25) is 4.57 Å². The second-order valence-corrected chi connectivity index (χ2v) is 4.02. The van der Waals surface area contributed by atoms with Gasteiger partial charge in [-0.1, -0.05) is 23.2 Å². The lowest BCUT2D eigenvalue weighted by Gasteiger charge is -2.05. The SMILES string of the molecule is ClCc1nncn1-c1cc(Cl)cc(Cl)c1. The number of benzene rings is 1. The Kier molecular flexibility index (Phi) is 3.14. The zero-order valence-corrected chi connectivity index (χ0v) is 9.76. The van der Waals surface area contributed by atoms with Crippen LogP contribution >= 0.6 is 34.8 Å². The Morgan fingerprint density at radius 1 is 1.13 bits per heavy atom. The van der Waals surface area contributed by atoms with E-state index in [1.165, 1.54) is 0 Å². The summed E-state index contributed by atoms with van der Waals surface area (Å²) in [5.74, 6) is 0.930. The van der Waals surface area contributed by atoms with E-state index in [2.05, 4.69) is 10.2 Å². The van der Waals surface area contributed by atoms with E-state index in [-0.39, 0.29) is 5.88 Å². The topological polar surface area (TPSA) is 30.7 Å². The molecule has 0 aliphatic heterocycles. The normalized spacial score (nSPS) is 10.6. The lowest BCUT2D eigenvalue weighted by atomic mass is 10.3. The van der Waals surface area contributed by atoms with Crippen LogP contribution in [-0.2, 0) is 5.88 Å². The van der Waals surface area contributed by atoms with Crippen LogP contribution in [0.3, 0.4) is 0 Å². The molecule has 0 radical (unpaired) electrons. The molecule has 2 rings (SSSR count). The molecule has 0 aliphatic carbocycles. The highest BCUT2D eigenvalue weighted by Gasteiger charge is 2.06. The molecule has 6 heteroatoms. The van der Waals surface area contributed by atoms with Crippen LogP contribution in [0.5, 0.6) is 0 Å². The molecule has 1 aromatic heterocycles. The van der Waals surface area contributed by atoms with Crippen LogP contribution < -0.4 is 0 Å². The highest BCUT2D eigenvalue weighted by molar-refractivity contribution is 6.34. The highest BCUT2D eigenvalue weighted by Crippen LogP contribution is 2.22. The summed E-state index contributed by atoms with van der Waals surface area (Å²) in [5.41, 5.74) is 0.799. The molecule has 0 atom stereocenters. The van der Waals surface area contributed by atoms with Gasteiger partial charge in [-0.25, -0.2) is 0 Å². The summed E-state index contributed by atoms with van der Waals surface area (Å²) in [4.78, 5) is 0. The van der Waals surface area contributed by atoms with E-state index >= 15 is 0 Å². The van der Waals surface area contributed by atoms with Gasteiger partial charge in [0.25, 0.3) is 0 Å². The van der Waals surface area contributed by atoms with E-state index in [1.54, 1.807) is 29.1 Å². The Balaban J connectivity index is 2.53. The van der Waals surface area contributed by atoms with Crippen molar-refractivity contribution in [2.45, 2.75) is 5.88 Å². The third kappa shape index (κ3) is 2.25. The lowest BCUT2D eigenvalue weighted by Crippen LogP contribution is -1.97. The quantitative estimate of drug-likeness (QED) is 0.777. The molecular weight excluding hydrogens is 256 g/mol. The molecule has 15 heavy (non-hydrogen) atoms. The number of rotatable bonds is 2. The van der Waals surface area contributed by atoms with Gasteiger partial charge in [0, 0.05) is 10.0 Å². The molecule has 1 aromatic carbocycles. The van der Waals surface area contributed by atoms with Crippen LogP contribution in [0.15, 0.2) is 24.5 Å². The second kappa shape index (κ2) is 4.39. The van der Waals surface area contributed by atoms with Crippen molar-refractivity contribution in [1.82, 2.24) is 14.8 Å². The van der Waals surface area contributed by atoms with Crippen molar-refractivity contribution in [3.05, 3.63) is 40.4 Å². The van der Waals surface area contributed by atoms with Crippen molar-refractivity contribution in [1.29, 1.82) is 0 Å². The summed E-state index contributed by atoms with van der Waals surface area (Å²) in [6.45, 7) is 0. The molecule has 1 heterocycles. The van der Waals surface area contributed by atoms with Crippen LogP contribution in [-0.4, -0.2) is 14.8 Å². The maximum Gasteiger partial charge on any atom is 0.152 e. The summed E-state index contributed by atoms with van der Waals surface area (Å²) in [6, 6.07) is 5.21. The first-order chi connectivity index (χ1) is 7.20. The Morgan fingerprint density at radius 2 is 1.80 bits per heavy atom. The van der Waals surface area contributed by atoms with Gasteiger partial charge in [0.05, 0.1) is 11.6 Å². The third-order valence-corrected chi connectivity index (χ3v) is 2.54. The predicted octanol–water partition coefficient (Wildman–Crippen LogP) is 3.31. The first-order valence-corrected chi connectivity index (χ1v) is 5.41. The van der Waals surface area contributed by atoms with Crippen molar-refractivity contribution in [2.75, 3.05) is 0 Å². The van der Waals surface area contributed by atoms with E-state index in [4.69, 9.17) is 34.8 Å². The number of hydrogen-bond donors (Lipinski definition) is 0. The third-order valence-electron chi connectivity index (χ3n) is 1.86. The minimum absolute atomic E-state index is 0.282. The summed E-state index contributed by atoms with van der Waals surface area (Å²) >= 11 is 17.5. The zero-order valence-electron chi connectivity index (χ0n) is 7.49. The Labute approximate surface area is 102 Å². The monoisotopic (exact) mass is 261 g/mol. The van der Waals surface area contributed by atoms with Crippen LogP contribution in [0.2, 0.25) is 10.0 Å². The predicted molar refractivity (Wildman–Crippen MR) is 60.9 cm³/mol. The van der Waals surface area contributed by atoms with Crippen molar-refractivity contribution < 1.29 is 0 Å². The molecule has 0 amide bonds. The van der Waals surface area contributed by atoms with Gasteiger partial charge in [-0.2, -0.15) is 0 Å². The minimum Gasteiger partial charge on any atom is -0.284 e. The largest absolute Gasteiger partial charge is 0.284 e. The Hall–Kier alpha value is -0.770. The number of alkyl halides is 1. The first-order valence-electron chi connectivity index (χ1n) is 4.12. The number of halogens is 3. The maximum absolute atomic E-state index is 5.89. The molecule has 0 saturated heterocycles. The second-order valence-electron chi connectivity index (χ2n) is 2.88. The van der Waals surface area contributed by atoms with Crippen molar-refractivity contribution >= 4 is 34.8 Å². The van der Waals surface area contributed by atoms with Crippen molar-refractivity contribution in [3.63, 3.8) is 0 Å². The molecule has 0 fully saturated rings. The van der Waals surface area contributed by atoms with Gasteiger partial charge in [-0.15, -0.1) is 21.8 Å². The maximum atomic E-state index is 5.89. The number of hydrogen-bond acceptors (Lipinski definition) is 2. The van der Waals surface area contributed by atoms with Crippen molar-refractivity contribution in [3.8, 4) is 5.69 Å².